The normalized spacial score (nSPS) is 18.3. The Labute approximate surface area is 239 Å². The summed E-state index contributed by atoms with van der Waals surface area (Å²) >= 11 is 0. The van der Waals surface area contributed by atoms with Gasteiger partial charge in [0.05, 0.1) is 17.9 Å². The molecule has 0 bridgehead atoms. The molecule has 10 heteroatoms. The summed E-state index contributed by atoms with van der Waals surface area (Å²) in [4.78, 5) is 49.4. The van der Waals surface area contributed by atoms with Crippen LogP contribution in [0.4, 0.5) is 11.5 Å². The van der Waals surface area contributed by atoms with Gasteiger partial charge in [-0.2, -0.15) is 0 Å². The molecular weight excluding hydrogens is 520 g/mol. The molecule has 2 aromatic carbocycles. The lowest BCUT2D eigenvalue weighted by molar-refractivity contribution is -0.124. The molecule has 3 amide bonds. The number of aliphatic hydroxyl groups is 1. The fourth-order valence-electron chi connectivity index (χ4n) is 5.54. The Morgan fingerprint density at radius 2 is 1.80 bits per heavy atom. The van der Waals surface area contributed by atoms with E-state index in [4.69, 9.17) is 5.73 Å². The number of piperidine rings is 1. The summed E-state index contributed by atoms with van der Waals surface area (Å²) in [6, 6.07) is 14.8. The molecule has 3 heterocycles. The number of likely N-dealkylation sites (tertiary alicyclic amines) is 1. The Balaban J connectivity index is 1.37. The second-order valence-corrected chi connectivity index (χ2v) is 10.9. The van der Waals surface area contributed by atoms with Gasteiger partial charge in [-0.1, -0.05) is 18.2 Å². The van der Waals surface area contributed by atoms with E-state index in [0.717, 1.165) is 37.1 Å². The quantitative estimate of drug-likeness (QED) is 0.407. The van der Waals surface area contributed by atoms with Crippen LogP contribution < -0.4 is 16.0 Å². The molecule has 41 heavy (non-hydrogen) atoms. The molecule has 0 unspecified atom stereocenters. The van der Waals surface area contributed by atoms with Crippen LogP contribution in [-0.4, -0.2) is 84.0 Å². The number of carbonyl (C=O) groups is 3. The Hall–Kier alpha value is -4.28. The summed E-state index contributed by atoms with van der Waals surface area (Å²) < 4.78 is 0. The van der Waals surface area contributed by atoms with E-state index in [9.17, 15) is 19.5 Å². The molecule has 0 saturated carbocycles. The van der Waals surface area contributed by atoms with Crippen LogP contribution in [0.2, 0.25) is 0 Å². The minimum absolute atomic E-state index is 0.0573. The molecule has 0 aliphatic carbocycles. The average Bonchev–Trinajstić information content (AvgIpc) is 3.05. The number of rotatable bonds is 7. The maximum atomic E-state index is 13.8. The molecule has 10 nitrogen and oxygen atoms in total. The third kappa shape index (κ3) is 6.08. The number of aliphatic hydroxyl groups excluding tert-OH is 1. The van der Waals surface area contributed by atoms with Gasteiger partial charge in [0.1, 0.15) is 11.9 Å². The van der Waals surface area contributed by atoms with Crippen LogP contribution in [0.3, 0.4) is 0 Å². The van der Waals surface area contributed by atoms with Crippen LogP contribution >= 0.6 is 0 Å². The Morgan fingerprint density at radius 3 is 2.54 bits per heavy atom. The predicted molar refractivity (Wildman–Crippen MR) is 157 cm³/mol. The monoisotopic (exact) mass is 556 g/mol. The summed E-state index contributed by atoms with van der Waals surface area (Å²) in [5.41, 5.74) is 9.39. The van der Waals surface area contributed by atoms with Crippen molar-refractivity contribution in [3.05, 3.63) is 77.5 Å². The first-order valence-electron chi connectivity index (χ1n) is 13.9. The molecule has 214 valence electrons. The number of nitrogen functional groups attached to an aromatic ring is 1. The highest BCUT2D eigenvalue weighted by Gasteiger charge is 2.38. The summed E-state index contributed by atoms with van der Waals surface area (Å²) in [5.74, 6) is -0.134. The second kappa shape index (κ2) is 12.1. The van der Waals surface area contributed by atoms with Crippen LogP contribution in [0.25, 0.3) is 11.1 Å². The van der Waals surface area contributed by atoms with E-state index < -0.39 is 18.6 Å². The van der Waals surface area contributed by atoms with Crippen molar-refractivity contribution in [3.8, 4) is 11.1 Å². The van der Waals surface area contributed by atoms with Crippen LogP contribution in [0.1, 0.15) is 39.1 Å². The first-order valence-corrected chi connectivity index (χ1v) is 13.9. The highest BCUT2D eigenvalue weighted by atomic mass is 16.3. The first-order chi connectivity index (χ1) is 19.7. The highest BCUT2D eigenvalue weighted by molar-refractivity contribution is 6.11. The van der Waals surface area contributed by atoms with Gasteiger partial charge in [-0.3, -0.25) is 14.4 Å². The van der Waals surface area contributed by atoms with Gasteiger partial charge in [0.25, 0.3) is 17.7 Å². The van der Waals surface area contributed by atoms with Crippen LogP contribution in [-0.2, 0) is 11.3 Å². The van der Waals surface area contributed by atoms with Gasteiger partial charge in [-0.25, -0.2) is 4.98 Å². The number of nitrogens with one attached hydrogen (secondary N) is 1. The molecule has 2 aliphatic heterocycles. The zero-order chi connectivity index (χ0) is 29.1. The number of nitrogens with zero attached hydrogens (tertiary/aromatic N) is 4. The molecule has 2 aliphatic rings. The number of hydrogen-bond donors (Lipinski definition) is 3. The first kappa shape index (κ1) is 28.3. The van der Waals surface area contributed by atoms with Gasteiger partial charge in [0.15, 0.2) is 0 Å². The van der Waals surface area contributed by atoms with Crippen molar-refractivity contribution >= 4 is 29.2 Å². The number of fused-ring (bicyclic) bond motifs is 1. The number of aromatic nitrogens is 1. The fourth-order valence-corrected chi connectivity index (χ4v) is 5.54. The molecule has 1 aromatic heterocycles. The Bertz CT molecular complexity index is 1450. The van der Waals surface area contributed by atoms with E-state index in [-0.39, 0.29) is 18.4 Å². The zero-order valence-electron chi connectivity index (χ0n) is 23.4. The topological polar surface area (TPSA) is 132 Å². The molecule has 0 spiro atoms. The minimum Gasteiger partial charge on any atom is -0.394 e. The van der Waals surface area contributed by atoms with Gasteiger partial charge in [-0.05, 0) is 92.0 Å². The number of benzene rings is 2. The summed E-state index contributed by atoms with van der Waals surface area (Å²) in [6.07, 6.45) is 3.71. The van der Waals surface area contributed by atoms with Crippen molar-refractivity contribution in [2.24, 2.45) is 5.92 Å². The third-order valence-electron chi connectivity index (χ3n) is 8.06. The highest BCUT2D eigenvalue weighted by Crippen LogP contribution is 2.33. The number of anilines is 2. The maximum Gasteiger partial charge on any atom is 0.257 e. The van der Waals surface area contributed by atoms with Crippen LogP contribution in [0.15, 0.2) is 60.8 Å². The zero-order valence-corrected chi connectivity index (χ0v) is 23.4. The maximum absolute atomic E-state index is 13.8. The second-order valence-electron chi connectivity index (χ2n) is 10.9. The number of amides is 3. The molecule has 5 rings (SSSR count). The van der Waals surface area contributed by atoms with Gasteiger partial charge in [0, 0.05) is 31.9 Å². The summed E-state index contributed by atoms with van der Waals surface area (Å²) in [7, 11) is 3.71. The number of likely N-dealkylation sites (N-methyl/N-ethyl adjacent to an activating group) is 1. The molecule has 1 saturated heterocycles. The number of carbonyl (C=O) groups excluding carboxylic acids is 3. The van der Waals surface area contributed by atoms with Crippen LogP contribution in [0, 0.1) is 5.92 Å². The van der Waals surface area contributed by atoms with Gasteiger partial charge >= 0.3 is 0 Å². The number of hydrogen-bond acceptors (Lipinski definition) is 7. The molecule has 4 N–H and O–H groups in total. The van der Waals surface area contributed by atoms with Crippen molar-refractivity contribution in [3.63, 3.8) is 0 Å². The predicted octanol–water partition coefficient (Wildman–Crippen LogP) is 2.38. The molecule has 3 aromatic rings. The lowest BCUT2D eigenvalue weighted by Gasteiger charge is -2.29. The minimum atomic E-state index is -1.08. The lowest BCUT2D eigenvalue weighted by Crippen LogP contribution is -2.49. The molecular formula is C31H36N6O4. The lowest BCUT2D eigenvalue weighted by atomic mass is 9.97. The standard InChI is InChI=1S/C31H36N6O4/c1-35-12-9-20(10-13-35)17-34-29(39)24-5-3-4-21(14-24)18-37-27(19-38)31(41)36(2)26-15-22(6-7-25(26)30(37)40)23-8-11-33-28(32)16-23/h3-8,11,14-16,20,27,38H,9-10,12-13,17-19H2,1-2H3,(H2,32,33)(H,34,39)/t27-/m1/s1. The number of pyridine rings is 1. The fraction of sp³-hybridized carbons (Fsp3) is 0.355. The van der Waals surface area contributed by atoms with Crippen molar-refractivity contribution in [1.82, 2.24) is 20.1 Å². The van der Waals surface area contributed by atoms with E-state index in [1.54, 1.807) is 61.8 Å². The van der Waals surface area contributed by atoms with E-state index in [0.29, 0.717) is 40.7 Å². The SMILES string of the molecule is CN1CCC(CNC(=O)c2cccc(CN3C(=O)c4ccc(-c5ccnc(N)c5)cc4N(C)C(=O)[C@H]3CO)c2)CC1. The van der Waals surface area contributed by atoms with Gasteiger partial charge in [0.2, 0.25) is 0 Å². The molecule has 1 fully saturated rings. The molecule has 0 radical (unpaired) electrons. The molecule has 1 atom stereocenters. The van der Waals surface area contributed by atoms with Crippen molar-refractivity contribution in [2.45, 2.75) is 25.4 Å². The van der Waals surface area contributed by atoms with Gasteiger partial charge in [-0.15, -0.1) is 0 Å². The van der Waals surface area contributed by atoms with Crippen molar-refractivity contribution < 1.29 is 19.5 Å². The van der Waals surface area contributed by atoms with Gasteiger partial charge < -0.3 is 30.9 Å². The Morgan fingerprint density at radius 1 is 1.05 bits per heavy atom. The summed E-state index contributed by atoms with van der Waals surface area (Å²) in [5, 5.41) is 13.3. The van der Waals surface area contributed by atoms with Crippen molar-refractivity contribution in [1.29, 1.82) is 0 Å². The van der Waals surface area contributed by atoms with E-state index in [1.165, 1.54) is 9.80 Å². The van der Waals surface area contributed by atoms with Crippen molar-refractivity contribution in [2.75, 3.05) is 51.0 Å². The van der Waals surface area contributed by atoms with E-state index in [1.807, 2.05) is 6.07 Å². The largest absolute Gasteiger partial charge is 0.394 e. The summed E-state index contributed by atoms with van der Waals surface area (Å²) in [6.45, 7) is 2.21. The smallest absolute Gasteiger partial charge is 0.257 e. The van der Waals surface area contributed by atoms with E-state index >= 15 is 0 Å². The average molecular weight is 557 g/mol. The number of nitrogens with two attached hydrogens (primary N) is 1. The van der Waals surface area contributed by atoms with E-state index in [2.05, 4.69) is 22.2 Å². The van der Waals surface area contributed by atoms with Crippen LogP contribution in [0.5, 0.6) is 0 Å². The third-order valence-corrected chi connectivity index (χ3v) is 8.06. The Kier molecular flexibility index (Phi) is 8.32.